The van der Waals surface area contributed by atoms with Crippen LogP contribution in [0.25, 0.3) is 0 Å². The fourth-order valence-corrected chi connectivity index (χ4v) is 2.34. The molecule has 0 atom stereocenters. The Labute approximate surface area is 154 Å². The summed E-state index contributed by atoms with van der Waals surface area (Å²) in [4.78, 5) is 24.2. The summed E-state index contributed by atoms with van der Waals surface area (Å²) in [5, 5.41) is 4.35. The maximum absolute atomic E-state index is 12.2. The van der Waals surface area contributed by atoms with Crippen molar-refractivity contribution in [1.82, 2.24) is 9.78 Å². The van der Waals surface area contributed by atoms with E-state index in [1.54, 1.807) is 24.3 Å². The summed E-state index contributed by atoms with van der Waals surface area (Å²) in [7, 11) is 0. The maximum atomic E-state index is 12.2. The molecule has 3 rings (SSSR count). The normalized spacial score (nSPS) is 10.3. The van der Waals surface area contributed by atoms with Crippen molar-refractivity contribution in [2.75, 3.05) is 6.61 Å². The van der Waals surface area contributed by atoms with E-state index in [1.165, 1.54) is 12.1 Å². The molecule has 0 amide bonds. The molecule has 0 bridgehead atoms. The van der Waals surface area contributed by atoms with Crippen molar-refractivity contribution >= 4 is 17.6 Å². The van der Waals surface area contributed by atoms with E-state index >= 15 is 0 Å². The van der Waals surface area contributed by atoms with Gasteiger partial charge in [0.05, 0.1) is 11.6 Å². The molecule has 0 aliphatic carbocycles. The molecule has 1 aromatic heterocycles. The second-order valence-electron chi connectivity index (χ2n) is 5.26. The van der Waals surface area contributed by atoms with Gasteiger partial charge in [-0.2, -0.15) is 5.10 Å². The van der Waals surface area contributed by atoms with Gasteiger partial charge in [-0.15, -0.1) is 0 Å². The minimum Gasteiger partial charge on any atom is -0.492 e. The van der Waals surface area contributed by atoms with Crippen LogP contribution in [0.1, 0.15) is 10.5 Å². The SMILES string of the molecule is O=C(Oc1ccccc1Cl)c1ccc(=O)n(CCOc2ccccc2)n1. The van der Waals surface area contributed by atoms with E-state index in [1.807, 2.05) is 30.3 Å². The van der Waals surface area contributed by atoms with Gasteiger partial charge in [-0.3, -0.25) is 4.79 Å². The Bertz CT molecular complexity index is 957. The van der Waals surface area contributed by atoms with Crippen LogP contribution in [0.5, 0.6) is 11.5 Å². The van der Waals surface area contributed by atoms with E-state index < -0.39 is 5.97 Å². The van der Waals surface area contributed by atoms with Gasteiger partial charge in [-0.05, 0) is 30.3 Å². The van der Waals surface area contributed by atoms with Crippen molar-refractivity contribution < 1.29 is 14.3 Å². The number of hydrogen-bond acceptors (Lipinski definition) is 5. The van der Waals surface area contributed by atoms with Gasteiger partial charge in [-0.1, -0.05) is 41.9 Å². The first-order chi connectivity index (χ1) is 12.6. The number of aromatic nitrogens is 2. The third-order valence-corrected chi connectivity index (χ3v) is 3.74. The standard InChI is InChI=1S/C19H15ClN2O4/c20-15-8-4-5-9-17(15)26-19(24)16-10-11-18(23)22(21-16)12-13-25-14-6-2-1-3-7-14/h1-11H,12-13H2. The van der Waals surface area contributed by atoms with Crippen molar-refractivity contribution in [2.24, 2.45) is 0 Å². The van der Waals surface area contributed by atoms with Gasteiger partial charge < -0.3 is 9.47 Å². The summed E-state index contributed by atoms with van der Waals surface area (Å²) in [6, 6.07) is 18.4. The minimum absolute atomic E-state index is 0.00392. The Hall–Kier alpha value is -3.12. The lowest BCUT2D eigenvalue weighted by Gasteiger charge is -2.09. The molecule has 0 aliphatic rings. The summed E-state index contributed by atoms with van der Waals surface area (Å²) in [6.07, 6.45) is 0. The van der Waals surface area contributed by atoms with Crippen molar-refractivity contribution in [1.29, 1.82) is 0 Å². The summed E-state index contributed by atoms with van der Waals surface area (Å²) in [5.41, 5.74) is -0.333. The monoisotopic (exact) mass is 370 g/mol. The number of ether oxygens (including phenoxy) is 2. The third-order valence-electron chi connectivity index (χ3n) is 3.43. The van der Waals surface area contributed by atoms with Gasteiger partial charge in [0.15, 0.2) is 5.69 Å². The van der Waals surface area contributed by atoms with Crippen LogP contribution < -0.4 is 15.0 Å². The number of carbonyl (C=O) groups is 1. The van der Waals surface area contributed by atoms with Crippen molar-refractivity contribution in [3.8, 4) is 11.5 Å². The molecule has 26 heavy (non-hydrogen) atoms. The predicted octanol–water partition coefficient (Wildman–Crippen LogP) is 3.19. The zero-order valence-electron chi connectivity index (χ0n) is 13.7. The lowest BCUT2D eigenvalue weighted by Crippen LogP contribution is -2.27. The second-order valence-corrected chi connectivity index (χ2v) is 5.67. The Morgan fingerprint density at radius 1 is 1.00 bits per heavy atom. The number of halogens is 1. The van der Waals surface area contributed by atoms with Gasteiger partial charge in [0.1, 0.15) is 18.1 Å². The van der Waals surface area contributed by atoms with E-state index in [0.29, 0.717) is 10.8 Å². The lowest BCUT2D eigenvalue weighted by molar-refractivity contribution is 0.0725. The van der Waals surface area contributed by atoms with E-state index in [9.17, 15) is 9.59 Å². The number of hydrogen-bond donors (Lipinski definition) is 0. The topological polar surface area (TPSA) is 70.4 Å². The number of nitrogens with zero attached hydrogens (tertiary/aromatic N) is 2. The van der Waals surface area contributed by atoms with Crippen LogP contribution in [-0.2, 0) is 6.54 Å². The maximum Gasteiger partial charge on any atom is 0.364 e. The average Bonchev–Trinajstić information content (AvgIpc) is 2.66. The van der Waals surface area contributed by atoms with Crippen LogP contribution in [0.4, 0.5) is 0 Å². The lowest BCUT2D eigenvalue weighted by atomic mass is 10.3. The Morgan fingerprint density at radius 2 is 1.73 bits per heavy atom. The van der Waals surface area contributed by atoms with E-state index in [4.69, 9.17) is 21.1 Å². The van der Waals surface area contributed by atoms with Gasteiger partial charge in [0.2, 0.25) is 0 Å². The van der Waals surface area contributed by atoms with Crippen LogP contribution in [0.3, 0.4) is 0 Å². The fraction of sp³-hybridized carbons (Fsp3) is 0.105. The molecule has 0 aliphatic heterocycles. The molecule has 2 aromatic carbocycles. The molecule has 0 spiro atoms. The van der Waals surface area contributed by atoms with Crippen molar-refractivity contribution in [3.05, 3.63) is 87.8 Å². The number of esters is 1. The highest BCUT2D eigenvalue weighted by molar-refractivity contribution is 6.32. The zero-order valence-corrected chi connectivity index (χ0v) is 14.4. The predicted molar refractivity (Wildman–Crippen MR) is 96.8 cm³/mol. The van der Waals surface area contributed by atoms with E-state index in [2.05, 4.69) is 5.10 Å². The summed E-state index contributed by atoms with van der Waals surface area (Å²) >= 11 is 5.97. The smallest absolute Gasteiger partial charge is 0.364 e. The number of carbonyl (C=O) groups excluding carboxylic acids is 1. The molecule has 0 saturated carbocycles. The summed E-state index contributed by atoms with van der Waals surface area (Å²) < 4.78 is 11.9. The van der Waals surface area contributed by atoms with Crippen molar-refractivity contribution in [3.63, 3.8) is 0 Å². The van der Waals surface area contributed by atoms with E-state index in [0.717, 1.165) is 4.68 Å². The molecule has 3 aromatic rings. The Morgan fingerprint density at radius 3 is 2.50 bits per heavy atom. The molecule has 6 nitrogen and oxygen atoms in total. The molecule has 0 N–H and O–H groups in total. The summed E-state index contributed by atoms with van der Waals surface area (Å²) in [5.74, 6) is 0.219. The number of benzene rings is 2. The average molecular weight is 371 g/mol. The first kappa shape index (κ1) is 17.7. The summed E-state index contributed by atoms with van der Waals surface area (Å²) in [6.45, 7) is 0.431. The fourth-order valence-electron chi connectivity index (χ4n) is 2.16. The molecule has 132 valence electrons. The highest BCUT2D eigenvalue weighted by atomic mass is 35.5. The second kappa shape index (κ2) is 8.31. The highest BCUT2D eigenvalue weighted by Gasteiger charge is 2.14. The highest BCUT2D eigenvalue weighted by Crippen LogP contribution is 2.23. The molecule has 1 heterocycles. The van der Waals surface area contributed by atoms with Crippen LogP contribution in [-0.4, -0.2) is 22.4 Å². The molecule has 0 saturated heterocycles. The first-order valence-electron chi connectivity index (χ1n) is 7.86. The largest absolute Gasteiger partial charge is 0.492 e. The third kappa shape index (κ3) is 4.49. The van der Waals surface area contributed by atoms with Gasteiger partial charge in [0.25, 0.3) is 5.56 Å². The molecule has 0 radical (unpaired) electrons. The van der Waals surface area contributed by atoms with Crippen LogP contribution in [0, 0.1) is 0 Å². The Kier molecular flexibility index (Phi) is 5.66. The molecule has 0 unspecified atom stereocenters. The number of para-hydroxylation sites is 2. The van der Waals surface area contributed by atoms with Crippen LogP contribution in [0.2, 0.25) is 5.02 Å². The molecule has 0 fully saturated rings. The van der Waals surface area contributed by atoms with Crippen LogP contribution in [0.15, 0.2) is 71.5 Å². The van der Waals surface area contributed by atoms with Gasteiger partial charge >= 0.3 is 5.97 Å². The molecule has 7 heteroatoms. The number of rotatable bonds is 6. The quantitative estimate of drug-likeness (QED) is 0.492. The Balaban J connectivity index is 1.68. The molecular weight excluding hydrogens is 356 g/mol. The van der Waals surface area contributed by atoms with Gasteiger partial charge in [0, 0.05) is 6.07 Å². The first-order valence-corrected chi connectivity index (χ1v) is 8.24. The zero-order chi connectivity index (χ0) is 18.4. The van der Waals surface area contributed by atoms with E-state index in [-0.39, 0.29) is 30.2 Å². The van der Waals surface area contributed by atoms with Gasteiger partial charge in [-0.25, -0.2) is 9.48 Å². The minimum atomic E-state index is -0.698. The molecular formula is C19H15ClN2O4. The van der Waals surface area contributed by atoms with Crippen molar-refractivity contribution in [2.45, 2.75) is 6.54 Å². The van der Waals surface area contributed by atoms with Crippen LogP contribution >= 0.6 is 11.6 Å².